The predicted molar refractivity (Wildman–Crippen MR) is 40.8 cm³/mol. The molecule has 3 nitrogen and oxygen atoms in total. The lowest BCUT2D eigenvalue weighted by molar-refractivity contribution is 0.614. The fraction of sp³-hybridized carbons (Fsp3) is 0. The first kappa shape index (κ1) is 7.76. The highest BCUT2D eigenvalue weighted by Crippen LogP contribution is 2.01. The molecule has 1 aromatic rings. The van der Waals surface area contributed by atoms with E-state index in [9.17, 15) is 8.42 Å². The Hall–Kier alpha value is -1.34. The molecule has 0 saturated heterocycles. The number of hydrogen-bond acceptors (Lipinski definition) is 3. The van der Waals surface area contributed by atoms with Gasteiger partial charge in [0, 0.05) is 18.0 Å². The summed E-state index contributed by atoms with van der Waals surface area (Å²) < 4.78 is 20.8. The van der Waals surface area contributed by atoms with E-state index in [-0.39, 0.29) is 4.90 Å². The van der Waals surface area contributed by atoms with Gasteiger partial charge in [0.25, 0.3) is 0 Å². The van der Waals surface area contributed by atoms with E-state index in [1.54, 1.807) is 0 Å². The molecule has 0 aliphatic rings. The lowest BCUT2D eigenvalue weighted by atomic mass is 10.3. The minimum Gasteiger partial charge on any atom is -0.262 e. The van der Waals surface area contributed by atoms with Gasteiger partial charge in [0.2, 0.25) is 0 Å². The van der Waals surface area contributed by atoms with Crippen molar-refractivity contribution in [2.24, 2.45) is 0 Å². The van der Waals surface area contributed by atoms with Gasteiger partial charge in [0.15, 0.2) is 10.7 Å². The molecule has 0 bridgehead atoms. The van der Waals surface area contributed by atoms with Crippen molar-refractivity contribution >= 4 is 10.7 Å². The van der Waals surface area contributed by atoms with Crippen LogP contribution in [0.1, 0.15) is 5.56 Å². The number of hydrogen-bond donors (Lipinski definition) is 1. The van der Waals surface area contributed by atoms with Gasteiger partial charge >= 0.3 is 0 Å². The zero-order valence-electron chi connectivity index (χ0n) is 5.52. The summed E-state index contributed by atoms with van der Waals surface area (Å²) in [5.41, 5.74) is 0.474. The quantitative estimate of drug-likeness (QED) is 0.474. The molecule has 0 aliphatic heterocycles. The molecule has 0 spiro atoms. The summed E-state index contributed by atoms with van der Waals surface area (Å²) in [6.07, 6.45) is 7.72. The second kappa shape index (κ2) is 3.17. The number of aromatic nitrogens is 1. The zero-order chi connectivity index (χ0) is 8.27. The van der Waals surface area contributed by atoms with Crippen LogP contribution in [0.15, 0.2) is 23.4 Å². The lowest BCUT2D eigenvalue weighted by Gasteiger charge is -1.89. The number of terminal acetylenes is 1. The summed E-state index contributed by atoms with van der Waals surface area (Å²) in [6.45, 7) is 0. The Labute approximate surface area is 66.0 Å². The minimum absolute atomic E-state index is 0.149. The maximum atomic E-state index is 10.4. The van der Waals surface area contributed by atoms with Gasteiger partial charge in [-0.25, -0.2) is 8.42 Å². The Morgan fingerprint density at radius 3 is 2.73 bits per heavy atom. The molecule has 4 heteroatoms. The zero-order valence-corrected chi connectivity index (χ0v) is 6.41. The first-order chi connectivity index (χ1) is 5.24. The Bertz CT molecular complexity index is 368. The maximum Gasteiger partial charge on any atom is 0.169 e. The normalized spacial score (nSPS) is 9.45. The maximum absolute atomic E-state index is 10.4. The van der Waals surface area contributed by atoms with Crippen LogP contribution in [0, 0.1) is 12.3 Å². The smallest absolute Gasteiger partial charge is 0.169 e. The summed E-state index contributed by atoms with van der Waals surface area (Å²) >= 11 is 0. The van der Waals surface area contributed by atoms with E-state index in [0.29, 0.717) is 5.56 Å². The number of thiol groups is 1. The highest BCUT2D eigenvalue weighted by molar-refractivity contribution is 7.72. The van der Waals surface area contributed by atoms with Gasteiger partial charge in [-0.05, 0) is 6.07 Å². The molecule has 1 aromatic heterocycles. The highest BCUT2D eigenvalue weighted by atomic mass is 32.2. The molecule has 0 N–H and O–H groups in total. The Kier molecular flexibility index (Phi) is 2.24. The van der Waals surface area contributed by atoms with E-state index >= 15 is 0 Å². The van der Waals surface area contributed by atoms with Crippen molar-refractivity contribution in [2.45, 2.75) is 4.90 Å². The van der Waals surface area contributed by atoms with Gasteiger partial charge in [-0.3, -0.25) is 4.98 Å². The standard InChI is InChI=1S/C7H5NO2S/c1-2-6-3-7(11(9)10)5-8-4-6/h1,3-5,11H. The van der Waals surface area contributed by atoms with Crippen molar-refractivity contribution in [3.63, 3.8) is 0 Å². The molecule has 1 heterocycles. The number of rotatable bonds is 1. The minimum atomic E-state index is -2.58. The molecule has 1 rings (SSSR count). The van der Waals surface area contributed by atoms with E-state index < -0.39 is 10.7 Å². The van der Waals surface area contributed by atoms with Crippen molar-refractivity contribution in [1.82, 2.24) is 4.98 Å². The van der Waals surface area contributed by atoms with E-state index in [1.807, 2.05) is 0 Å². The second-order valence-corrected chi connectivity index (χ2v) is 2.86. The highest BCUT2D eigenvalue weighted by Gasteiger charge is 1.94. The third-order valence-electron chi connectivity index (χ3n) is 1.10. The molecular weight excluding hydrogens is 162 g/mol. The summed E-state index contributed by atoms with van der Waals surface area (Å²) in [4.78, 5) is 3.80. The van der Waals surface area contributed by atoms with Crippen LogP contribution < -0.4 is 0 Å². The molecule has 0 unspecified atom stereocenters. The van der Waals surface area contributed by atoms with Gasteiger partial charge in [-0.1, -0.05) is 5.92 Å². The third kappa shape index (κ3) is 1.79. The first-order valence-electron chi connectivity index (χ1n) is 2.80. The van der Waals surface area contributed by atoms with Crippen molar-refractivity contribution in [3.05, 3.63) is 24.0 Å². The van der Waals surface area contributed by atoms with Crippen molar-refractivity contribution in [1.29, 1.82) is 0 Å². The SMILES string of the molecule is C#Cc1cncc([SH](=O)=O)c1. The van der Waals surface area contributed by atoms with Crippen molar-refractivity contribution < 1.29 is 8.42 Å². The van der Waals surface area contributed by atoms with Gasteiger partial charge < -0.3 is 0 Å². The topological polar surface area (TPSA) is 47.0 Å². The Morgan fingerprint density at radius 1 is 1.45 bits per heavy atom. The van der Waals surface area contributed by atoms with Gasteiger partial charge in [-0.15, -0.1) is 6.42 Å². The van der Waals surface area contributed by atoms with Crippen molar-refractivity contribution in [2.75, 3.05) is 0 Å². The fourth-order valence-corrected chi connectivity index (χ4v) is 1.01. The van der Waals surface area contributed by atoms with Crippen LogP contribution >= 0.6 is 0 Å². The summed E-state index contributed by atoms with van der Waals surface area (Å²) in [6, 6.07) is 1.40. The molecule has 0 radical (unpaired) electrons. The van der Waals surface area contributed by atoms with Gasteiger partial charge in [0.05, 0.1) is 4.90 Å². The van der Waals surface area contributed by atoms with Gasteiger partial charge in [-0.2, -0.15) is 0 Å². The average Bonchev–Trinajstić information content (AvgIpc) is 2.05. The van der Waals surface area contributed by atoms with Crippen LogP contribution in [-0.2, 0) is 10.7 Å². The van der Waals surface area contributed by atoms with Crippen LogP contribution in [0.2, 0.25) is 0 Å². The third-order valence-corrected chi connectivity index (χ3v) is 1.77. The first-order valence-corrected chi connectivity index (χ1v) is 3.98. The number of nitrogens with zero attached hydrogens (tertiary/aromatic N) is 1. The molecule has 0 atom stereocenters. The van der Waals surface area contributed by atoms with E-state index in [2.05, 4.69) is 10.9 Å². The van der Waals surface area contributed by atoms with Crippen LogP contribution in [0.25, 0.3) is 0 Å². The lowest BCUT2D eigenvalue weighted by Crippen LogP contribution is -1.84. The largest absolute Gasteiger partial charge is 0.262 e. The summed E-state index contributed by atoms with van der Waals surface area (Å²) in [7, 11) is -2.58. The molecule has 0 saturated carbocycles. The molecule has 0 fully saturated rings. The number of pyridine rings is 1. The summed E-state index contributed by atoms with van der Waals surface area (Å²) in [5.74, 6) is 2.29. The predicted octanol–water partition coefficient (Wildman–Crippen LogP) is 0.0332. The van der Waals surface area contributed by atoms with Crippen LogP contribution in [-0.4, -0.2) is 13.4 Å². The van der Waals surface area contributed by atoms with Crippen LogP contribution in [0.5, 0.6) is 0 Å². The van der Waals surface area contributed by atoms with Crippen LogP contribution in [0.3, 0.4) is 0 Å². The van der Waals surface area contributed by atoms with E-state index in [4.69, 9.17) is 6.42 Å². The Balaban J connectivity index is 3.24. The monoisotopic (exact) mass is 167 g/mol. The molecular formula is C7H5NO2S. The van der Waals surface area contributed by atoms with Gasteiger partial charge in [0.1, 0.15) is 0 Å². The van der Waals surface area contributed by atoms with Crippen LogP contribution in [0.4, 0.5) is 0 Å². The fourth-order valence-electron chi connectivity index (χ4n) is 0.607. The van der Waals surface area contributed by atoms with E-state index in [0.717, 1.165) is 0 Å². The van der Waals surface area contributed by atoms with E-state index in [1.165, 1.54) is 18.5 Å². The second-order valence-electron chi connectivity index (χ2n) is 1.83. The molecule has 0 aliphatic carbocycles. The Morgan fingerprint density at radius 2 is 2.18 bits per heavy atom. The molecule has 11 heavy (non-hydrogen) atoms. The molecule has 56 valence electrons. The van der Waals surface area contributed by atoms with Crippen molar-refractivity contribution in [3.8, 4) is 12.3 Å². The average molecular weight is 167 g/mol. The molecule has 0 amide bonds. The molecule has 0 aromatic carbocycles. The summed E-state index contributed by atoms with van der Waals surface area (Å²) in [5, 5.41) is 0.